The van der Waals surface area contributed by atoms with Crippen LogP contribution in [0.1, 0.15) is 18.9 Å². The van der Waals surface area contributed by atoms with E-state index in [0.29, 0.717) is 15.5 Å². The zero-order chi connectivity index (χ0) is 23.9. The molecule has 0 saturated heterocycles. The van der Waals surface area contributed by atoms with E-state index < -0.39 is 26.9 Å². The molecule has 4 rings (SSSR count). The van der Waals surface area contributed by atoms with E-state index in [1.54, 1.807) is 60.7 Å². The number of carboxylic acid groups (broad SMARTS) is 1. The highest BCUT2D eigenvalue weighted by Gasteiger charge is 2.74. The number of hydrogen-bond donors (Lipinski definition) is 3. The monoisotopic (exact) mass is 504 g/mol. The zero-order valence-corrected chi connectivity index (χ0v) is 19.9. The van der Waals surface area contributed by atoms with Gasteiger partial charge in [0.25, 0.3) is 10.0 Å². The number of halogens is 1. The van der Waals surface area contributed by atoms with Gasteiger partial charge in [-0.25, -0.2) is 8.42 Å². The quantitative estimate of drug-likeness (QED) is 0.433. The highest BCUT2D eigenvalue weighted by molar-refractivity contribution is 7.91. The Morgan fingerprint density at radius 2 is 1.73 bits per heavy atom. The molecule has 3 aromatic rings. The number of carbonyl (C=O) groups is 2. The number of rotatable bonds is 8. The van der Waals surface area contributed by atoms with Crippen molar-refractivity contribution in [3.8, 4) is 10.4 Å². The Hall–Kier alpha value is -2.72. The van der Waals surface area contributed by atoms with Crippen molar-refractivity contribution < 1.29 is 23.1 Å². The first-order valence-corrected chi connectivity index (χ1v) is 12.7. The fraction of sp³-hybridized carbons (Fsp3) is 0.217. The summed E-state index contributed by atoms with van der Waals surface area (Å²) in [5, 5.41) is 13.4. The normalized spacial score (nSPS) is 22.0. The molecule has 0 spiro atoms. The molecule has 10 heteroatoms. The van der Waals surface area contributed by atoms with Gasteiger partial charge >= 0.3 is 5.97 Å². The number of hydrogen-bond acceptors (Lipinski definition) is 5. The van der Waals surface area contributed by atoms with Crippen molar-refractivity contribution in [1.29, 1.82) is 0 Å². The van der Waals surface area contributed by atoms with E-state index in [9.17, 15) is 23.1 Å². The predicted molar refractivity (Wildman–Crippen MR) is 127 cm³/mol. The number of sulfonamides is 1. The Kier molecular flexibility index (Phi) is 6.09. The molecule has 1 aromatic heterocycles. The molecule has 0 radical (unpaired) electrons. The van der Waals surface area contributed by atoms with E-state index in [0.717, 1.165) is 16.9 Å². The van der Waals surface area contributed by atoms with Crippen molar-refractivity contribution in [2.75, 3.05) is 6.54 Å². The lowest BCUT2D eigenvalue weighted by Crippen LogP contribution is -2.51. The van der Waals surface area contributed by atoms with Crippen LogP contribution >= 0.6 is 22.9 Å². The van der Waals surface area contributed by atoms with E-state index in [1.165, 1.54) is 13.0 Å². The van der Waals surface area contributed by atoms with Crippen LogP contribution in [0.4, 0.5) is 0 Å². The summed E-state index contributed by atoms with van der Waals surface area (Å²) in [6.45, 7) is 1.32. The maximum Gasteiger partial charge on any atom is 0.325 e. The lowest BCUT2D eigenvalue weighted by atomic mass is 9.90. The summed E-state index contributed by atoms with van der Waals surface area (Å²) in [5.74, 6) is -1.63. The number of benzene rings is 2. The molecule has 3 N–H and O–H groups in total. The van der Waals surface area contributed by atoms with E-state index in [1.807, 2.05) is 0 Å². The highest BCUT2D eigenvalue weighted by atomic mass is 35.5. The average Bonchev–Trinajstić information content (AvgIpc) is 3.15. The fourth-order valence-electron chi connectivity index (χ4n) is 4.08. The van der Waals surface area contributed by atoms with Crippen molar-refractivity contribution >= 4 is 44.8 Å². The van der Waals surface area contributed by atoms with Gasteiger partial charge < -0.3 is 10.4 Å². The van der Waals surface area contributed by atoms with Crippen LogP contribution < -0.4 is 10.0 Å². The molecule has 0 aliphatic heterocycles. The molecule has 1 heterocycles. The smallest absolute Gasteiger partial charge is 0.325 e. The molecule has 0 unspecified atom stereocenters. The van der Waals surface area contributed by atoms with Crippen LogP contribution in [-0.2, 0) is 25.0 Å². The lowest BCUT2D eigenvalue weighted by Gasteiger charge is -2.24. The molecule has 1 fully saturated rings. The minimum atomic E-state index is -4.16. The third kappa shape index (κ3) is 4.29. The van der Waals surface area contributed by atoms with Crippen LogP contribution in [0.25, 0.3) is 10.4 Å². The van der Waals surface area contributed by atoms with Crippen molar-refractivity contribution in [2.24, 2.45) is 0 Å². The first-order chi connectivity index (χ1) is 15.6. The Balaban J connectivity index is 1.68. The molecule has 1 amide bonds. The molecular formula is C23H21ClN2O5S2. The molecule has 7 nitrogen and oxygen atoms in total. The SMILES string of the molecule is CC(=O)NC[C@@]1(c2ccccc2)C[C@]1(NS(=O)(=O)c1ccc(-c2ccc(Cl)cc2)s1)C(=O)O. The third-order valence-corrected chi connectivity index (χ3v) is 9.25. The van der Waals surface area contributed by atoms with Gasteiger partial charge in [-0.1, -0.05) is 54.1 Å². The Labute approximate surface area is 200 Å². The van der Waals surface area contributed by atoms with Crippen LogP contribution in [0, 0.1) is 0 Å². The van der Waals surface area contributed by atoms with E-state index in [2.05, 4.69) is 10.0 Å². The fourth-order valence-corrected chi connectivity index (χ4v) is 6.94. The molecule has 1 aliphatic carbocycles. The van der Waals surface area contributed by atoms with Crippen molar-refractivity contribution in [1.82, 2.24) is 10.0 Å². The van der Waals surface area contributed by atoms with Crippen LogP contribution in [0.15, 0.2) is 70.9 Å². The summed E-state index contributed by atoms with van der Waals surface area (Å²) in [6.07, 6.45) is 0.00821. The Bertz CT molecular complexity index is 1310. The van der Waals surface area contributed by atoms with Gasteiger partial charge in [-0.15, -0.1) is 11.3 Å². The average molecular weight is 505 g/mol. The lowest BCUT2D eigenvalue weighted by molar-refractivity contribution is -0.141. The van der Waals surface area contributed by atoms with Gasteiger partial charge in [-0.05, 0) is 41.8 Å². The van der Waals surface area contributed by atoms with E-state index in [4.69, 9.17) is 11.6 Å². The first kappa shape index (κ1) is 23.4. The summed E-state index contributed by atoms with van der Waals surface area (Å²) in [4.78, 5) is 24.7. The maximum absolute atomic E-state index is 13.3. The van der Waals surface area contributed by atoms with Gasteiger partial charge in [0.1, 0.15) is 9.75 Å². The molecule has 1 aliphatic rings. The molecule has 2 atom stereocenters. The van der Waals surface area contributed by atoms with Crippen LogP contribution in [-0.4, -0.2) is 37.5 Å². The molecule has 33 heavy (non-hydrogen) atoms. The number of aliphatic carboxylic acids is 1. The molecule has 2 aromatic carbocycles. The summed E-state index contributed by atoms with van der Waals surface area (Å²) < 4.78 is 29.0. The Morgan fingerprint density at radius 1 is 1.06 bits per heavy atom. The molecule has 172 valence electrons. The second-order valence-electron chi connectivity index (χ2n) is 7.98. The van der Waals surface area contributed by atoms with E-state index >= 15 is 0 Å². The second kappa shape index (κ2) is 8.57. The number of amides is 1. The third-order valence-electron chi connectivity index (χ3n) is 5.87. The minimum Gasteiger partial charge on any atom is -0.480 e. The van der Waals surface area contributed by atoms with Crippen LogP contribution in [0.3, 0.4) is 0 Å². The van der Waals surface area contributed by atoms with Crippen molar-refractivity contribution in [3.63, 3.8) is 0 Å². The van der Waals surface area contributed by atoms with Crippen LogP contribution in [0.2, 0.25) is 5.02 Å². The second-order valence-corrected chi connectivity index (χ2v) is 11.4. The Morgan fingerprint density at radius 3 is 2.33 bits per heavy atom. The van der Waals surface area contributed by atoms with Gasteiger partial charge in [0.2, 0.25) is 5.91 Å². The van der Waals surface area contributed by atoms with Gasteiger partial charge in [0.05, 0.1) is 0 Å². The van der Waals surface area contributed by atoms with E-state index in [-0.39, 0.29) is 23.1 Å². The number of nitrogens with one attached hydrogen (secondary N) is 2. The van der Waals surface area contributed by atoms with Gasteiger partial charge in [-0.3, -0.25) is 9.59 Å². The number of carbonyl (C=O) groups excluding carboxylic acids is 1. The first-order valence-electron chi connectivity index (χ1n) is 10.0. The van der Waals surface area contributed by atoms with Gasteiger partial charge in [0.15, 0.2) is 0 Å². The largest absolute Gasteiger partial charge is 0.480 e. The summed E-state index contributed by atoms with van der Waals surface area (Å²) in [7, 11) is -4.16. The minimum absolute atomic E-state index is 0.00136. The summed E-state index contributed by atoms with van der Waals surface area (Å²) in [5.41, 5.74) is -1.47. The molecule has 1 saturated carbocycles. The van der Waals surface area contributed by atoms with Gasteiger partial charge in [-0.2, -0.15) is 4.72 Å². The van der Waals surface area contributed by atoms with Crippen molar-refractivity contribution in [3.05, 3.63) is 77.3 Å². The topological polar surface area (TPSA) is 113 Å². The molecular weight excluding hydrogens is 484 g/mol. The van der Waals surface area contributed by atoms with Crippen molar-refractivity contribution in [2.45, 2.75) is 28.5 Å². The number of carboxylic acids is 1. The standard InChI is InChI=1S/C23H21ClN2O5S2/c1-15(27)25-14-22(17-5-3-2-4-6-17)13-23(22,21(28)29)26-33(30,31)20-12-11-19(32-20)16-7-9-18(24)10-8-16/h2-12,26H,13-14H2,1H3,(H,25,27)(H,28,29)/t22-,23+/m1/s1. The number of thiophene rings is 1. The van der Waals surface area contributed by atoms with Gasteiger partial charge in [0, 0.05) is 28.8 Å². The zero-order valence-electron chi connectivity index (χ0n) is 17.5. The predicted octanol–water partition coefficient (Wildman–Crippen LogP) is 3.65. The highest BCUT2D eigenvalue weighted by Crippen LogP contribution is 2.58. The summed E-state index contributed by atoms with van der Waals surface area (Å²) >= 11 is 6.96. The summed E-state index contributed by atoms with van der Waals surface area (Å²) in [6, 6.07) is 18.9. The molecule has 0 bridgehead atoms. The maximum atomic E-state index is 13.3. The van der Waals surface area contributed by atoms with Crippen LogP contribution in [0.5, 0.6) is 0 Å².